The van der Waals surface area contributed by atoms with Gasteiger partial charge in [0.25, 0.3) is 11.8 Å². The van der Waals surface area contributed by atoms with Crippen LogP contribution in [0.15, 0.2) is 36.4 Å². The van der Waals surface area contributed by atoms with E-state index < -0.39 is 28.7 Å². The van der Waals surface area contributed by atoms with Crippen LogP contribution in [0.1, 0.15) is 35.3 Å². The van der Waals surface area contributed by atoms with E-state index in [4.69, 9.17) is 22.2 Å². The molecule has 0 bridgehead atoms. The molecule has 0 unspecified atom stereocenters. The van der Waals surface area contributed by atoms with Crippen LogP contribution in [0.3, 0.4) is 0 Å². The summed E-state index contributed by atoms with van der Waals surface area (Å²) in [4.78, 5) is 27.7. The second kappa shape index (κ2) is 7.20. The average molecular weight is 460 g/mol. The molecule has 0 radical (unpaired) electrons. The maximum atomic E-state index is 13.4. The van der Waals surface area contributed by atoms with Crippen molar-refractivity contribution in [3.05, 3.63) is 53.1 Å². The molecule has 0 atom stereocenters. The summed E-state index contributed by atoms with van der Waals surface area (Å²) in [5.41, 5.74) is -2.30. The third-order valence-corrected chi connectivity index (χ3v) is 5.65. The van der Waals surface area contributed by atoms with Gasteiger partial charge in [-0.05, 0) is 56.4 Å². The van der Waals surface area contributed by atoms with Gasteiger partial charge in [0.1, 0.15) is 11.3 Å². The number of hydrogen-bond donors (Lipinski definition) is 1. The van der Waals surface area contributed by atoms with Crippen LogP contribution in [0, 0.1) is 11.3 Å². The first-order valence-corrected chi connectivity index (χ1v) is 9.73. The zero-order chi connectivity index (χ0) is 23.4. The van der Waals surface area contributed by atoms with Crippen molar-refractivity contribution in [3.8, 4) is 11.8 Å². The van der Waals surface area contributed by atoms with Crippen molar-refractivity contribution >= 4 is 40.5 Å². The number of rotatable bonds is 2. The van der Waals surface area contributed by atoms with Gasteiger partial charge in [-0.1, -0.05) is 0 Å². The second-order valence-electron chi connectivity index (χ2n) is 7.63. The Labute approximate surface area is 186 Å². The molecule has 2 aliphatic rings. The minimum atomic E-state index is -4.78. The Balaban J connectivity index is 1.79. The number of carbonyl (C=O) groups excluding carboxylic acids is 2. The Morgan fingerprint density at radius 2 is 1.84 bits per heavy atom. The van der Waals surface area contributed by atoms with Crippen molar-refractivity contribution in [1.82, 2.24) is 5.32 Å². The molecule has 2 amide bonds. The van der Waals surface area contributed by atoms with Crippen molar-refractivity contribution in [2.45, 2.75) is 25.6 Å². The number of nitrogens with zero attached hydrogens (tertiary/aromatic N) is 3. The standard InChI is InChI=1S/C21H15F3N4O3S/c1-20(2)18(30)27(12-4-3-11(9-25)15(7-12)21(22,23)24)19(32)28(20)13-5-6-14-16(8-13)31-10-26-17(14)29/h3-8H,10H2,1-2H3,(H,26,29). The number of amides is 2. The summed E-state index contributed by atoms with van der Waals surface area (Å²) in [6.07, 6.45) is -4.78. The highest BCUT2D eigenvalue weighted by atomic mass is 32.1. The van der Waals surface area contributed by atoms with E-state index in [1.165, 1.54) is 23.1 Å². The highest BCUT2D eigenvalue weighted by Gasteiger charge is 2.51. The van der Waals surface area contributed by atoms with Gasteiger partial charge in [0.2, 0.25) is 0 Å². The average Bonchev–Trinajstić information content (AvgIpc) is 2.90. The molecule has 1 fully saturated rings. The summed E-state index contributed by atoms with van der Waals surface area (Å²) in [5.74, 6) is -0.554. The van der Waals surface area contributed by atoms with Crippen LogP contribution in [-0.4, -0.2) is 29.2 Å². The summed E-state index contributed by atoms with van der Waals surface area (Å²) < 4.78 is 45.8. The molecule has 0 aliphatic carbocycles. The summed E-state index contributed by atoms with van der Waals surface area (Å²) >= 11 is 5.49. The molecule has 2 aromatic carbocycles. The highest BCUT2D eigenvalue weighted by molar-refractivity contribution is 7.81. The molecular weight excluding hydrogens is 445 g/mol. The van der Waals surface area contributed by atoms with E-state index in [1.54, 1.807) is 26.0 Å². The lowest BCUT2D eigenvalue weighted by molar-refractivity contribution is -0.137. The van der Waals surface area contributed by atoms with Gasteiger partial charge in [-0.2, -0.15) is 18.4 Å². The van der Waals surface area contributed by atoms with E-state index in [0.29, 0.717) is 17.0 Å². The number of benzene rings is 2. The molecule has 0 saturated carbocycles. The van der Waals surface area contributed by atoms with Crippen LogP contribution in [0.25, 0.3) is 0 Å². The van der Waals surface area contributed by atoms with Gasteiger partial charge in [0.15, 0.2) is 11.8 Å². The van der Waals surface area contributed by atoms with E-state index in [-0.39, 0.29) is 23.4 Å². The van der Waals surface area contributed by atoms with Gasteiger partial charge >= 0.3 is 6.18 Å². The van der Waals surface area contributed by atoms with Gasteiger partial charge in [-0.25, -0.2) is 0 Å². The fourth-order valence-electron chi connectivity index (χ4n) is 3.69. The Morgan fingerprint density at radius 3 is 2.50 bits per heavy atom. The molecule has 1 saturated heterocycles. The zero-order valence-electron chi connectivity index (χ0n) is 16.8. The predicted molar refractivity (Wildman–Crippen MR) is 112 cm³/mol. The first kappa shape index (κ1) is 21.6. The largest absolute Gasteiger partial charge is 0.472 e. The molecule has 0 aromatic heterocycles. The van der Waals surface area contributed by atoms with E-state index in [2.05, 4.69) is 5.32 Å². The van der Waals surface area contributed by atoms with Crippen molar-refractivity contribution < 1.29 is 27.5 Å². The van der Waals surface area contributed by atoms with E-state index in [1.807, 2.05) is 0 Å². The first-order chi connectivity index (χ1) is 15.0. The van der Waals surface area contributed by atoms with Gasteiger partial charge in [0.05, 0.1) is 28.4 Å². The fraction of sp³-hybridized carbons (Fsp3) is 0.238. The molecule has 2 aliphatic heterocycles. The minimum absolute atomic E-state index is 0.0142. The Hall–Kier alpha value is -3.65. The third-order valence-electron chi connectivity index (χ3n) is 5.28. The molecule has 32 heavy (non-hydrogen) atoms. The number of anilines is 2. The molecular formula is C21H15F3N4O3S. The lowest BCUT2D eigenvalue weighted by Gasteiger charge is -2.30. The van der Waals surface area contributed by atoms with Crippen LogP contribution >= 0.6 is 12.2 Å². The molecule has 7 nitrogen and oxygen atoms in total. The summed E-state index contributed by atoms with van der Waals surface area (Å²) in [6.45, 7) is 3.16. The Bertz CT molecular complexity index is 1220. The van der Waals surface area contributed by atoms with E-state index >= 15 is 0 Å². The summed E-state index contributed by atoms with van der Waals surface area (Å²) in [7, 11) is 0. The van der Waals surface area contributed by atoms with Crippen molar-refractivity contribution in [2.75, 3.05) is 16.5 Å². The number of ether oxygens (including phenoxy) is 1. The number of alkyl halides is 3. The molecule has 11 heteroatoms. The number of nitrogens with one attached hydrogen (secondary N) is 1. The van der Waals surface area contributed by atoms with Crippen LogP contribution in [-0.2, 0) is 11.0 Å². The number of fused-ring (bicyclic) bond motifs is 1. The van der Waals surface area contributed by atoms with Crippen LogP contribution in [0.2, 0.25) is 0 Å². The molecule has 0 spiro atoms. The first-order valence-electron chi connectivity index (χ1n) is 9.32. The third kappa shape index (κ3) is 3.23. The molecule has 1 N–H and O–H groups in total. The molecule has 2 aromatic rings. The van der Waals surface area contributed by atoms with Gasteiger partial charge in [-0.3, -0.25) is 14.5 Å². The maximum absolute atomic E-state index is 13.4. The molecule has 2 heterocycles. The number of carbonyl (C=O) groups is 2. The minimum Gasteiger partial charge on any atom is -0.472 e. The predicted octanol–water partition coefficient (Wildman–Crippen LogP) is 3.57. The normalized spacial score (nSPS) is 17.6. The number of thiocarbonyl (C=S) groups is 1. The number of hydrogen-bond acceptors (Lipinski definition) is 5. The Morgan fingerprint density at radius 1 is 1.16 bits per heavy atom. The monoisotopic (exact) mass is 460 g/mol. The van der Waals surface area contributed by atoms with Crippen LogP contribution in [0.4, 0.5) is 24.5 Å². The van der Waals surface area contributed by atoms with Gasteiger partial charge < -0.3 is 15.0 Å². The summed E-state index contributed by atoms with van der Waals surface area (Å²) in [6, 6.07) is 9.17. The van der Waals surface area contributed by atoms with E-state index in [0.717, 1.165) is 17.0 Å². The zero-order valence-corrected chi connectivity index (χ0v) is 17.6. The highest BCUT2D eigenvalue weighted by Crippen LogP contribution is 2.40. The van der Waals surface area contributed by atoms with Crippen molar-refractivity contribution in [1.29, 1.82) is 5.26 Å². The SMILES string of the molecule is CC1(C)C(=O)N(c2ccc(C#N)c(C(F)(F)F)c2)C(=S)N1c1ccc2c(c1)OCNC2=O. The quantitative estimate of drug-likeness (QED) is 0.690. The van der Waals surface area contributed by atoms with E-state index in [9.17, 15) is 22.8 Å². The smallest absolute Gasteiger partial charge is 0.417 e. The lowest BCUT2D eigenvalue weighted by Crippen LogP contribution is -2.44. The molecule has 4 rings (SSSR count). The Kier molecular flexibility index (Phi) is 4.86. The molecule has 164 valence electrons. The topological polar surface area (TPSA) is 85.7 Å². The van der Waals surface area contributed by atoms with Crippen LogP contribution < -0.4 is 19.9 Å². The maximum Gasteiger partial charge on any atom is 0.417 e. The van der Waals surface area contributed by atoms with Crippen molar-refractivity contribution in [2.24, 2.45) is 0 Å². The van der Waals surface area contributed by atoms with Gasteiger partial charge in [0, 0.05) is 11.8 Å². The number of halogens is 3. The lowest BCUT2D eigenvalue weighted by atomic mass is 10.0. The summed E-state index contributed by atoms with van der Waals surface area (Å²) in [5, 5.41) is 11.5. The van der Waals surface area contributed by atoms with Crippen molar-refractivity contribution in [3.63, 3.8) is 0 Å². The van der Waals surface area contributed by atoms with Crippen LogP contribution in [0.5, 0.6) is 5.75 Å². The second-order valence-corrected chi connectivity index (χ2v) is 8.00. The van der Waals surface area contributed by atoms with Gasteiger partial charge in [-0.15, -0.1) is 0 Å². The fourth-order valence-corrected chi connectivity index (χ4v) is 4.21. The number of nitriles is 1.